The van der Waals surface area contributed by atoms with E-state index in [0.717, 1.165) is 22.8 Å². The lowest BCUT2D eigenvalue weighted by molar-refractivity contribution is -0.137. The second-order valence-electron chi connectivity index (χ2n) is 5.63. The molecule has 1 amide bonds. The molecule has 2 aromatic heterocycles. The molecule has 5 nitrogen and oxygen atoms in total. The fourth-order valence-corrected chi connectivity index (χ4v) is 3.73. The van der Waals surface area contributed by atoms with Gasteiger partial charge in [-0.3, -0.25) is 4.79 Å². The van der Waals surface area contributed by atoms with Crippen LogP contribution in [0, 0.1) is 0 Å². The first-order chi connectivity index (χ1) is 12.8. The lowest BCUT2D eigenvalue weighted by atomic mass is 10.2. The van der Waals surface area contributed by atoms with Gasteiger partial charge in [-0.25, -0.2) is 0 Å². The minimum Gasteiger partial charge on any atom is -0.325 e. The van der Waals surface area contributed by atoms with Crippen molar-refractivity contribution in [1.29, 1.82) is 0 Å². The number of anilines is 1. The predicted molar refractivity (Wildman–Crippen MR) is 98.9 cm³/mol. The fourth-order valence-electron chi connectivity index (χ4n) is 2.29. The van der Waals surface area contributed by atoms with Crippen molar-refractivity contribution in [3.63, 3.8) is 0 Å². The van der Waals surface area contributed by atoms with Gasteiger partial charge in [-0.2, -0.15) is 13.2 Å². The van der Waals surface area contributed by atoms with Gasteiger partial charge in [-0.05, 0) is 29.6 Å². The highest BCUT2D eigenvalue weighted by molar-refractivity contribution is 7.99. The van der Waals surface area contributed by atoms with Crippen molar-refractivity contribution in [1.82, 2.24) is 14.8 Å². The molecule has 2 heterocycles. The van der Waals surface area contributed by atoms with E-state index in [1.807, 2.05) is 29.1 Å². The summed E-state index contributed by atoms with van der Waals surface area (Å²) in [4.78, 5) is 13.2. The van der Waals surface area contributed by atoms with Gasteiger partial charge in [0.2, 0.25) is 5.91 Å². The third kappa shape index (κ3) is 5.10. The normalized spacial score (nSPS) is 11.6. The quantitative estimate of drug-likeness (QED) is 0.616. The summed E-state index contributed by atoms with van der Waals surface area (Å²) in [5.74, 6) is 0.377. The number of hydrogen-bond donors (Lipinski definition) is 1. The fraction of sp³-hybridized carbons (Fsp3) is 0.235. The van der Waals surface area contributed by atoms with Crippen LogP contribution in [0.2, 0.25) is 0 Å². The van der Waals surface area contributed by atoms with Crippen molar-refractivity contribution in [2.75, 3.05) is 11.1 Å². The molecule has 0 atom stereocenters. The van der Waals surface area contributed by atoms with Gasteiger partial charge >= 0.3 is 6.18 Å². The smallest absolute Gasteiger partial charge is 0.325 e. The van der Waals surface area contributed by atoms with E-state index >= 15 is 0 Å². The molecular formula is C17H15F3N4OS2. The van der Waals surface area contributed by atoms with E-state index in [-0.39, 0.29) is 11.4 Å². The molecule has 0 saturated carbocycles. The van der Waals surface area contributed by atoms with Crippen molar-refractivity contribution in [3.8, 4) is 0 Å². The molecule has 3 aromatic rings. The molecule has 0 radical (unpaired) electrons. The summed E-state index contributed by atoms with van der Waals surface area (Å²) >= 11 is 2.80. The summed E-state index contributed by atoms with van der Waals surface area (Å²) in [6, 6.07) is 8.51. The maximum Gasteiger partial charge on any atom is 0.416 e. The first-order valence-corrected chi connectivity index (χ1v) is 9.70. The Hall–Kier alpha value is -2.33. The molecule has 0 unspecified atom stereocenters. The summed E-state index contributed by atoms with van der Waals surface area (Å²) in [5, 5.41) is 13.2. The molecule has 1 aromatic carbocycles. The first kappa shape index (κ1) is 19.4. The highest BCUT2D eigenvalue weighted by Gasteiger charge is 2.30. The molecule has 142 valence electrons. The number of alkyl halides is 3. The van der Waals surface area contributed by atoms with Gasteiger partial charge in [0.15, 0.2) is 5.16 Å². The number of halogens is 3. The van der Waals surface area contributed by atoms with Crippen molar-refractivity contribution >= 4 is 34.7 Å². The van der Waals surface area contributed by atoms with E-state index in [9.17, 15) is 18.0 Å². The van der Waals surface area contributed by atoms with Crippen LogP contribution in [0.1, 0.15) is 16.3 Å². The van der Waals surface area contributed by atoms with E-state index in [1.165, 1.54) is 23.9 Å². The lowest BCUT2D eigenvalue weighted by Gasteiger charge is -2.09. The van der Waals surface area contributed by atoms with E-state index in [2.05, 4.69) is 15.5 Å². The largest absolute Gasteiger partial charge is 0.416 e. The van der Waals surface area contributed by atoms with Crippen LogP contribution in [0.3, 0.4) is 0 Å². The molecule has 3 rings (SSSR count). The Kier molecular flexibility index (Phi) is 5.85. The first-order valence-electron chi connectivity index (χ1n) is 7.83. The average molecular weight is 412 g/mol. The van der Waals surface area contributed by atoms with Crippen LogP contribution in [0.25, 0.3) is 0 Å². The molecule has 0 fully saturated rings. The van der Waals surface area contributed by atoms with Crippen molar-refractivity contribution in [3.05, 3.63) is 58.0 Å². The standard InChI is InChI=1S/C17H15F3N4OS2/c1-24-14(9-13-6-3-7-26-13)22-23-16(24)27-10-15(25)21-12-5-2-4-11(8-12)17(18,19)20/h2-8H,9-10H2,1H3,(H,21,25). The third-order valence-corrected chi connectivity index (χ3v) is 5.54. The van der Waals surface area contributed by atoms with Gasteiger partial charge in [0.1, 0.15) is 5.82 Å². The summed E-state index contributed by atoms with van der Waals surface area (Å²) in [6.07, 6.45) is -3.80. The molecule has 1 N–H and O–H groups in total. The Morgan fingerprint density at radius 2 is 2.07 bits per heavy atom. The number of thiophene rings is 1. The van der Waals surface area contributed by atoms with Gasteiger partial charge < -0.3 is 9.88 Å². The molecule has 27 heavy (non-hydrogen) atoms. The van der Waals surface area contributed by atoms with Crippen molar-refractivity contribution < 1.29 is 18.0 Å². The summed E-state index contributed by atoms with van der Waals surface area (Å²) < 4.78 is 40.0. The zero-order chi connectivity index (χ0) is 19.4. The number of carbonyl (C=O) groups is 1. The van der Waals surface area contributed by atoms with Crippen molar-refractivity contribution in [2.45, 2.75) is 17.8 Å². The SMILES string of the molecule is Cn1c(Cc2cccs2)nnc1SCC(=O)Nc1cccc(C(F)(F)F)c1. The monoisotopic (exact) mass is 412 g/mol. The molecular weight excluding hydrogens is 397 g/mol. The number of benzene rings is 1. The van der Waals surface area contributed by atoms with Crippen LogP contribution in [0.4, 0.5) is 18.9 Å². The van der Waals surface area contributed by atoms with Gasteiger partial charge in [0.05, 0.1) is 11.3 Å². The number of aromatic nitrogens is 3. The Morgan fingerprint density at radius 3 is 2.78 bits per heavy atom. The number of rotatable bonds is 6. The third-order valence-electron chi connectivity index (χ3n) is 3.64. The number of hydrogen-bond acceptors (Lipinski definition) is 5. The molecule has 0 bridgehead atoms. The van der Waals surface area contributed by atoms with Gasteiger partial charge in [0, 0.05) is 24.0 Å². The number of thioether (sulfide) groups is 1. The molecule has 0 aliphatic carbocycles. The van der Waals surface area contributed by atoms with Crippen LogP contribution < -0.4 is 5.32 Å². The molecule has 0 aliphatic heterocycles. The van der Waals surface area contributed by atoms with E-state index in [4.69, 9.17) is 0 Å². The van der Waals surface area contributed by atoms with Crippen LogP contribution in [-0.4, -0.2) is 26.4 Å². The highest BCUT2D eigenvalue weighted by Crippen LogP contribution is 2.30. The Morgan fingerprint density at radius 1 is 1.26 bits per heavy atom. The van der Waals surface area contributed by atoms with Crippen LogP contribution in [0.5, 0.6) is 0 Å². The van der Waals surface area contributed by atoms with E-state index in [0.29, 0.717) is 11.6 Å². The molecule has 0 aliphatic rings. The van der Waals surface area contributed by atoms with Crippen molar-refractivity contribution in [2.24, 2.45) is 7.05 Å². The van der Waals surface area contributed by atoms with Gasteiger partial charge in [-0.1, -0.05) is 23.9 Å². The predicted octanol–water partition coefficient (Wildman–Crippen LogP) is 4.22. The summed E-state index contributed by atoms with van der Waals surface area (Å²) in [7, 11) is 1.82. The minimum atomic E-state index is -4.45. The highest BCUT2D eigenvalue weighted by atomic mass is 32.2. The van der Waals surface area contributed by atoms with E-state index < -0.39 is 17.6 Å². The Labute approximate surface area is 161 Å². The molecule has 0 saturated heterocycles. The van der Waals surface area contributed by atoms with Crippen LogP contribution >= 0.6 is 23.1 Å². The average Bonchev–Trinajstić information content (AvgIpc) is 3.24. The van der Waals surface area contributed by atoms with Gasteiger partial charge in [0.25, 0.3) is 0 Å². The van der Waals surface area contributed by atoms with Gasteiger partial charge in [-0.15, -0.1) is 21.5 Å². The van der Waals surface area contributed by atoms with E-state index in [1.54, 1.807) is 11.3 Å². The van der Waals surface area contributed by atoms with Crippen LogP contribution in [0.15, 0.2) is 46.9 Å². The number of nitrogens with one attached hydrogen (secondary N) is 1. The lowest BCUT2D eigenvalue weighted by Crippen LogP contribution is -2.15. The number of nitrogens with zero attached hydrogens (tertiary/aromatic N) is 3. The Balaban J connectivity index is 1.57. The summed E-state index contributed by atoms with van der Waals surface area (Å²) in [6.45, 7) is 0. The molecule has 10 heteroatoms. The number of carbonyl (C=O) groups excluding carboxylic acids is 1. The topological polar surface area (TPSA) is 59.8 Å². The maximum absolute atomic E-state index is 12.7. The zero-order valence-corrected chi connectivity index (χ0v) is 15.8. The Bertz CT molecular complexity index is 923. The number of amides is 1. The summed E-state index contributed by atoms with van der Waals surface area (Å²) in [5.41, 5.74) is -0.703. The maximum atomic E-state index is 12.7. The zero-order valence-electron chi connectivity index (χ0n) is 14.2. The van der Waals surface area contributed by atoms with Crippen LogP contribution in [-0.2, 0) is 24.4 Å². The second-order valence-corrected chi connectivity index (χ2v) is 7.60. The second kappa shape index (κ2) is 8.13. The minimum absolute atomic E-state index is 0.0151. The molecule has 0 spiro atoms.